The molecule has 1 fully saturated rings. The largest absolute Gasteiger partial charge is 0.369 e. The first kappa shape index (κ1) is 15.3. The van der Waals surface area contributed by atoms with Crippen LogP contribution in [0.5, 0.6) is 0 Å². The molecule has 0 spiro atoms. The number of nitrogens with zero attached hydrogens (tertiary/aromatic N) is 1. The molecule has 3 heteroatoms. The number of rotatable bonds is 4. The predicted molar refractivity (Wildman–Crippen MR) is 83.6 cm³/mol. The van der Waals surface area contributed by atoms with Gasteiger partial charge < -0.3 is 10.6 Å². The lowest BCUT2D eigenvalue weighted by molar-refractivity contribution is 0.568. The van der Waals surface area contributed by atoms with Gasteiger partial charge in [0.15, 0.2) is 0 Å². The van der Waals surface area contributed by atoms with Crippen LogP contribution in [0, 0.1) is 5.82 Å². The Labute approximate surface area is 122 Å². The van der Waals surface area contributed by atoms with E-state index in [1.807, 2.05) is 6.07 Å². The monoisotopic (exact) mass is 278 g/mol. The number of hydrogen-bond donors (Lipinski definition) is 1. The zero-order valence-electron chi connectivity index (χ0n) is 12.7. The Bertz CT molecular complexity index is 433. The molecule has 112 valence electrons. The van der Waals surface area contributed by atoms with Crippen molar-refractivity contribution in [1.82, 2.24) is 0 Å². The summed E-state index contributed by atoms with van der Waals surface area (Å²) in [5.41, 5.74) is 7.91. The maximum atomic E-state index is 14.2. The van der Waals surface area contributed by atoms with E-state index in [1.54, 1.807) is 6.07 Å². The van der Waals surface area contributed by atoms with Crippen LogP contribution in [0.25, 0.3) is 0 Å². The first-order chi connectivity index (χ1) is 9.63. The number of nitrogens with two attached hydrogens (primary N) is 1. The highest BCUT2D eigenvalue weighted by molar-refractivity contribution is 5.55. The quantitative estimate of drug-likeness (QED) is 0.905. The fourth-order valence-corrected chi connectivity index (χ4v) is 3.06. The van der Waals surface area contributed by atoms with Crippen LogP contribution < -0.4 is 10.6 Å². The second kappa shape index (κ2) is 7.07. The van der Waals surface area contributed by atoms with Crippen molar-refractivity contribution in [2.45, 2.75) is 64.5 Å². The summed E-state index contributed by atoms with van der Waals surface area (Å²) >= 11 is 0. The van der Waals surface area contributed by atoms with Crippen molar-refractivity contribution in [2.24, 2.45) is 5.73 Å². The molecule has 1 heterocycles. The highest BCUT2D eigenvalue weighted by Crippen LogP contribution is 2.29. The zero-order valence-corrected chi connectivity index (χ0v) is 12.7. The molecule has 2 nitrogen and oxygen atoms in total. The fraction of sp³-hybridized carbons (Fsp3) is 0.647. The molecule has 2 rings (SSSR count). The van der Waals surface area contributed by atoms with Crippen molar-refractivity contribution in [3.05, 3.63) is 29.6 Å². The topological polar surface area (TPSA) is 29.3 Å². The molecule has 0 aromatic heterocycles. The average molecular weight is 278 g/mol. The Morgan fingerprint density at radius 3 is 2.90 bits per heavy atom. The molecular weight excluding hydrogens is 251 g/mol. The number of halogens is 1. The fourth-order valence-electron chi connectivity index (χ4n) is 3.06. The van der Waals surface area contributed by atoms with E-state index in [4.69, 9.17) is 5.73 Å². The molecular formula is C17H27FN2. The Morgan fingerprint density at radius 2 is 2.15 bits per heavy atom. The van der Waals surface area contributed by atoms with Crippen LogP contribution in [0.1, 0.15) is 51.5 Å². The van der Waals surface area contributed by atoms with Gasteiger partial charge in [-0.25, -0.2) is 4.39 Å². The van der Waals surface area contributed by atoms with E-state index in [0.29, 0.717) is 12.5 Å². The third-order valence-corrected chi connectivity index (χ3v) is 4.45. The molecule has 20 heavy (non-hydrogen) atoms. The second-order valence-electron chi connectivity index (χ2n) is 6.00. The minimum Gasteiger partial charge on any atom is -0.369 e. The minimum absolute atomic E-state index is 0.0351. The van der Waals surface area contributed by atoms with Crippen molar-refractivity contribution < 1.29 is 4.39 Å². The molecule has 0 saturated carbocycles. The highest BCUT2D eigenvalue weighted by atomic mass is 19.1. The van der Waals surface area contributed by atoms with Gasteiger partial charge in [0, 0.05) is 29.9 Å². The molecule has 1 aromatic rings. The van der Waals surface area contributed by atoms with Crippen LogP contribution in [0.15, 0.2) is 18.2 Å². The maximum absolute atomic E-state index is 14.2. The molecule has 2 N–H and O–H groups in total. The van der Waals surface area contributed by atoms with E-state index in [2.05, 4.69) is 24.8 Å². The lowest BCUT2D eigenvalue weighted by Crippen LogP contribution is -2.34. The lowest BCUT2D eigenvalue weighted by Gasteiger charge is -2.32. The van der Waals surface area contributed by atoms with Crippen molar-refractivity contribution in [2.75, 3.05) is 11.4 Å². The SMILES string of the molecule is CCC(N)Cc1c(F)cccc1N1CCCCCC1C. The lowest BCUT2D eigenvalue weighted by atomic mass is 10.0. The Morgan fingerprint density at radius 1 is 1.35 bits per heavy atom. The molecule has 0 bridgehead atoms. The summed E-state index contributed by atoms with van der Waals surface area (Å²) in [7, 11) is 0. The third kappa shape index (κ3) is 3.51. The van der Waals surface area contributed by atoms with Gasteiger partial charge in [0.1, 0.15) is 5.82 Å². The Kier molecular flexibility index (Phi) is 5.41. The molecule has 1 aromatic carbocycles. The first-order valence-electron chi connectivity index (χ1n) is 7.93. The van der Waals surface area contributed by atoms with Crippen molar-refractivity contribution >= 4 is 5.69 Å². The van der Waals surface area contributed by atoms with Crippen LogP contribution >= 0.6 is 0 Å². The smallest absolute Gasteiger partial charge is 0.128 e. The molecule has 0 radical (unpaired) electrons. The highest BCUT2D eigenvalue weighted by Gasteiger charge is 2.22. The molecule has 2 atom stereocenters. The summed E-state index contributed by atoms with van der Waals surface area (Å²) in [6.45, 7) is 5.33. The normalized spacial score (nSPS) is 21.6. The standard InChI is InChI=1S/C17H27FN2/c1-3-14(19)12-15-16(18)9-7-10-17(15)20-11-6-4-5-8-13(20)2/h7,9-10,13-14H,3-6,8,11-12,19H2,1-2H3. The van der Waals surface area contributed by atoms with E-state index in [0.717, 1.165) is 24.2 Å². The molecule has 2 unspecified atom stereocenters. The summed E-state index contributed by atoms with van der Waals surface area (Å²) in [5, 5.41) is 0. The van der Waals surface area contributed by atoms with Gasteiger partial charge in [0.25, 0.3) is 0 Å². The van der Waals surface area contributed by atoms with Gasteiger partial charge in [-0.05, 0) is 44.7 Å². The van der Waals surface area contributed by atoms with Crippen molar-refractivity contribution in [3.63, 3.8) is 0 Å². The van der Waals surface area contributed by atoms with Crippen LogP contribution in [0.3, 0.4) is 0 Å². The molecule has 1 saturated heterocycles. The van der Waals surface area contributed by atoms with Gasteiger partial charge in [0.2, 0.25) is 0 Å². The van der Waals surface area contributed by atoms with E-state index in [9.17, 15) is 4.39 Å². The Hall–Kier alpha value is -1.09. The van der Waals surface area contributed by atoms with Crippen molar-refractivity contribution in [1.29, 1.82) is 0 Å². The van der Waals surface area contributed by atoms with Gasteiger partial charge in [-0.1, -0.05) is 25.8 Å². The summed E-state index contributed by atoms with van der Waals surface area (Å²) in [6, 6.07) is 5.96. The van der Waals surface area contributed by atoms with Gasteiger partial charge in [-0.15, -0.1) is 0 Å². The summed E-state index contributed by atoms with van der Waals surface area (Å²) in [6.07, 6.45) is 6.44. The molecule has 0 aliphatic carbocycles. The minimum atomic E-state index is -0.108. The first-order valence-corrected chi connectivity index (χ1v) is 7.93. The van der Waals surface area contributed by atoms with Crippen LogP contribution in [0.2, 0.25) is 0 Å². The number of anilines is 1. The van der Waals surface area contributed by atoms with E-state index < -0.39 is 0 Å². The summed E-state index contributed by atoms with van der Waals surface area (Å²) in [5.74, 6) is -0.108. The van der Waals surface area contributed by atoms with Crippen LogP contribution in [-0.4, -0.2) is 18.6 Å². The van der Waals surface area contributed by atoms with Gasteiger partial charge in [-0.3, -0.25) is 0 Å². The zero-order chi connectivity index (χ0) is 14.5. The maximum Gasteiger partial charge on any atom is 0.128 e. The van der Waals surface area contributed by atoms with Gasteiger partial charge >= 0.3 is 0 Å². The van der Waals surface area contributed by atoms with E-state index in [-0.39, 0.29) is 11.9 Å². The molecule has 1 aliphatic rings. The molecule has 0 amide bonds. The average Bonchev–Trinajstić information content (AvgIpc) is 2.65. The van der Waals surface area contributed by atoms with Gasteiger partial charge in [0.05, 0.1) is 0 Å². The summed E-state index contributed by atoms with van der Waals surface area (Å²) in [4.78, 5) is 2.38. The van der Waals surface area contributed by atoms with E-state index >= 15 is 0 Å². The molecule has 1 aliphatic heterocycles. The third-order valence-electron chi connectivity index (χ3n) is 4.45. The predicted octanol–water partition coefficient (Wildman–Crippen LogP) is 3.87. The number of hydrogen-bond acceptors (Lipinski definition) is 2. The second-order valence-corrected chi connectivity index (χ2v) is 6.00. The van der Waals surface area contributed by atoms with Gasteiger partial charge in [-0.2, -0.15) is 0 Å². The van der Waals surface area contributed by atoms with Crippen LogP contribution in [-0.2, 0) is 6.42 Å². The summed E-state index contributed by atoms with van der Waals surface area (Å²) < 4.78 is 14.2. The Balaban J connectivity index is 2.31. The van der Waals surface area contributed by atoms with E-state index in [1.165, 1.54) is 25.7 Å². The van der Waals surface area contributed by atoms with Crippen molar-refractivity contribution in [3.8, 4) is 0 Å². The van der Waals surface area contributed by atoms with Crippen LogP contribution in [0.4, 0.5) is 10.1 Å². The number of benzene rings is 1.